The van der Waals surface area contributed by atoms with Crippen LogP contribution in [0.25, 0.3) is 11.5 Å². The van der Waals surface area contributed by atoms with E-state index < -0.39 is 0 Å². The molecular formula is C16H21N3O3S. The van der Waals surface area contributed by atoms with E-state index in [9.17, 15) is 4.79 Å². The minimum Gasteiger partial charge on any atom is -0.497 e. The second-order valence-electron chi connectivity index (χ2n) is 4.77. The maximum absolute atomic E-state index is 11.9. The maximum Gasteiger partial charge on any atom is 0.276 e. The van der Waals surface area contributed by atoms with Crippen LogP contribution in [0, 0.1) is 0 Å². The number of hydrogen-bond donors (Lipinski definition) is 0. The molecule has 1 aromatic carbocycles. The number of benzene rings is 1. The quantitative estimate of drug-likeness (QED) is 0.691. The molecule has 0 saturated carbocycles. The van der Waals surface area contributed by atoms with Crippen molar-refractivity contribution < 1.29 is 13.9 Å². The number of methoxy groups -OCH3 is 1. The van der Waals surface area contributed by atoms with E-state index in [-0.39, 0.29) is 5.91 Å². The topological polar surface area (TPSA) is 68.5 Å². The fourth-order valence-corrected chi connectivity index (χ4v) is 2.77. The highest BCUT2D eigenvalue weighted by atomic mass is 32.2. The maximum atomic E-state index is 11.9. The predicted octanol–water partition coefficient (Wildman–Crippen LogP) is 3.10. The lowest BCUT2D eigenvalue weighted by atomic mass is 10.2. The number of nitrogens with zero attached hydrogens (tertiary/aromatic N) is 3. The minimum atomic E-state index is 0.150. The lowest BCUT2D eigenvalue weighted by molar-refractivity contribution is -0.130. The van der Waals surface area contributed by atoms with Gasteiger partial charge >= 0.3 is 0 Å². The van der Waals surface area contributed by atoms with Crippen molar-refractivity contribution in [3.05, 3.63) is 24.3 Å². The molecule has 0 fully saturated rings. The molecule has 1 heterocycles. The van der Waals surface area contributed by atoms with Gasteiger partial charge in [-0.15, -0.1) is 10.2 Å². The number of hydrogen-bond acceptors (Lipinski definition) is 6. The van der Waals surface area contributed by atoms with Crippen molar-refractivity contribution in [2.75, 3.05) is 26.0 Å². The molecule has 1 aromatic heterocycles. The Kier molecular flexibility index (Phi) is 6.46. The molecule has 0 atom stereocenters. The smallest absolute Gasteiger partial charge is 0.276 e. The van der Waals surface area contributed by atoms with Crippen LogP contribution in [0.5, 0.6) is 5.75 Å². The Morgan fingerprint density at radius 2 is 1.91 bits per heavy atom. The molecular weight excluding hydrogens is 314 g/mol. The van der Waals surface area contributed by atoms with Gasteiger partial charge in [0.1, 0.15) is 5.75 Å². The third-order valence-electron chi connectivity index (χ3n) is 3.40. The largest absolute Gasteiger partial charge is 0.497 e. The zero-order valence-corrected chi connectivity index (χ0v) is 14.4. The molecule has 0 bridgehead atoms. The normalized spacial score (nSPS) is 10.6. The fraction of sp³-hybridized carbons (Fsp3) is 0.438. The van der Waals surface area contributed by atoms with E-state index in [0.29, 0.717) is 23.3 Å². The zero-order valence-electron chi connectivity index (χ0n) is 13.6. The average molecular weight is 335 g/mol. The number of ether oxygens (including phenoxy) is 1. The standard InChI is InChI=1S/C16H21N3O3S/c1-4-19(5-2)14(20)10-11-23-16-18-17-15(22-16)12-6-8-13(21-3)9-7-12/h6-9H,4-5,10-11H2,1-3H3. The van der Waals surface area contributed by atoms with Gasteiger partial charge in [-0.2, -0.15) is 0 Å². The molecule has 23 heavy (non-hydrogen) atoms. The summed E-state index contributed by atoms with van der Waals surface area (Å²) in [6, 6.07) is 7.42. The van der Waals surface area contributed by atoms with Crippen molar-refractivity contribution in [1.82, 2.24) is 15.1 Å². The average Bonchev–Trinajstić information content (AvgIpc) is 3.05. The van der Waals surface area contributed by atoms with Crippen LogP contribution in [0.2, 0.25) is 0 Å². The van der Waals surface area contributed by atoms with Crippen LogP contribution in [-0.2, 0) is 4.79 Å². The van der Waals surface area contributed by atoms with Gasteiger partial charge in [-0.25, -0.2) is 0 Å². The number of thioether (sulfide) groups is 1. The highest BCUT2D eigenvalue weighted by molar-refractivity contribution is 7.99. The molecule has 0 N–H and O–H groups in total. The molecule has 0 radical (unpaired) electrons. The van der Waals surface area contributed by atoms with Crippen LogP contribution in [0.4, 0.5) is 0 Å². The van der Waals surface area contributed by atoms with Crippen LogP contribution >= 0.6 is 11.8 Å². The van der Waals surface area contributed by atoms with Crippen LogP contribution in [0.3, 0.4) is 0 Å². The number of aromatic nitrogens is 2. The van der Waals surface area contributed by atoms with E-state index in [4.69, 9.17) is 9.15 Å². The Morgan fingerprint density at radius 3 is 2.52 bits per heavy atom. The van der Waals surface area contributed by atoms with Crippen LogP contribution in [-0.4, -0.2) is 47.0 Å². The molecule has 124 valence electrons. The number of rotatable bonds is 8. The molecule has 0 unspecified atom stereocenters. The van der Waals surface area contributed by atoms with Crippen molar-refractivity contribution in [2.24, 2.45) is 0 Å². The van der Waals surface area contributed by atoms with Crippen molar-refractivity contribution in [3.63, 3.8) is 0 Å². The van der Waals surface area contributed by atoms with Gasteiger partial charge in [-0.05, 0) is 38.1 Å². The van der Waals surface area contributed by atoms with Gasteiger partial charge < -0.3 is 14.1 Å². The summed E-state index contributed by atoms with van der Waals surface area (Å²) in [6.45, 7) is 5.44. The van der Waals surface area contributed by atoms with Gasteiger partial charge in [0, 0.05) is 30.8 Å². The van der Waals surface area contributed by atoms with Crippen LogP contribution in [0.15, 0.2) is 33.9 Å². The Labute approximate surface area is 140 Å². The molecule has 7 heteroatoms. The van der Waals surface area contributed by atoms with Crippen molar-refractivity contribution >= 4 is 17.7 Å². The first-order valence-electron chi connectivity index (χ1n) is 7.56. The van der Waals surface area contributed by atoms with Gasteiger partial charge in [0.25, 0.3) is 5.22 Å². The van der Waals surface area contributed by atoms with Crippen LogP contribution < -0.4 is 4.74 Å². The third kappa shape index (κ3) is 4.72. The highest BCUT2D eigenvalue weighted by Crippen LogP contribution is 2.25. The van der Waals surface area contributed by atoms with E-state index in [2.05, 4.69) is 10.2 Å². The van der Waals surface area contributed by atoms with E-state index in [1.165, 1.54) is 11.8 Å². The molecule has 0 saturated heterocycles. The first kappa shape index (κ1) is 17.3. The summed E-state index contributed by atoms with van der Waals surface area (Å²) < 4.78 is 10.7. The molecule has 2 aromatic rings. The van der Waals surface area contributed by atoms with Crippen molar-refractivity contribution in [3.8, 4) is 17.2 Å². The summed E-state index contributed by atoms with van der Waals surface area (Å²) >= 11 is 1.40. The summed E-state index contributed by atoms with van der Waals surface area (Å²) in [5, 5.41) is 8.52. The number of amides is 1. The number of carbonyl (C=O) groups excluding carboxylic acids is 1. The first-order chi connectivity index (χ1) is 11.2. The first-order valence-corrected chi connectivity index (χ1v) is 8.55. The van der Waals surface area contributed by atoms with E-state index in [0.717, 1.165) is 24.4 Å². The van der Waals surface area contributed by atoms with Crippen molar-refractivity contribution in [2.45, 2.75) is 25.5 Å². The van der Waals surface area contributed by atoms with Gasteiger partial charge in [0.05, 0.1) is 7.11 Å². The fourth-order valence-electron chi connectivity index (χ4n) is 2.08. The molecule has 6 nitrogen and oxygen atoms in total. The summed E-state index contributed by atoms with van der Waals surface area (Å²) in [6.07, 6.45) is 0.465. The minimum absolute atomic E-state index is 0.150. The molecule has 0 spiro atoms. The van der Waals surface area contributed by atoms with E-state index in [1.807, 2.05) is 43.0 Å². The number of carbonyl (C=O) groups is 1. The Bertz CT molecular complexity index is 624. The summed E-state index contributed by atoms with van der Waals surface area (Å²) in [5.41, 5.74) is 0.837. The molecule has 0 aliphatic heterocycles. The Morgan fingerprint density at radius 1 is 1.22 bits per heavy atom. The second kappa shape index (κ2) is 8.57. The predicted molar refractivity (Wildman–Crippen MR) is 89.6 cm³/mol. The Balaban J connectivity index is 1.88. The van der Waals surface area contributed by atoms with Gasteiger partial charge in [0.2, 0.25) is 11.8 Å². The zero-order chi connectivity index (χ0) is 16.7. The van der Waals surface area contributed by atoms with Gasteiger partial charge in [-0.1, -0.05) is 11.8 Å². The van der Waals surface area contributed by atoms with E-state index in [1.54, 1.807) is 7.11 Å². The summed E-state index contributed by atoms with van der Waals surface area (Å²) in [7, 11) is 1.62. The second-order valence-corrected chi connectivity index (χ2v) is 5.81. The van der Waals surface area contributed by atoms with Crippen LogP contribution in [0.1, 0.15) is 20.3 Å². The lowest BCUT2D eigenvalue weighted by Crippen LogP contribution is -2.30. The Hall–Kier alpha value is -2.02. The SMILES string of the molecule is CCN(CC)C(=O)CCSc1nnc(-c2ccc(OC)cc2)o1. The molecule has 0 aliphatic rings. The lowest BCUT2D eigenvalue weighted by Gasteiger charge is -2.17. The van der Waals surface area contributed by atoms with Gasteiger partial charge in [-0.3, -0.25) is 4.79 Å². The molecule has 2 rings (SSSR count). The van der Waals surface area contributed by atoms with E-state index >= 15 is 0 Å². The summed E-state index contributed by atoms with van der Waals surface area (Å²) in [4.78, 5) is 13.7. The molecule has 0 aliphatic carbocycles. The third-order valence-corrected chi connectivity index (χ3v) is 4.22. The molecule has 1 amide bonds. The monoisotopic (exact) mass is 335 g/mol. The summed E-state index contributed by atoms with van der Waals surface area (Å²) in [5.74, 6) is 2.01. The van der Waals surface area contributed by atoms with Crippen molar-refractivity contribution in [1.29, 1.82) is 0 Å². The van der Waals surface area contributed by atoms with Gasteiger partial charge in [0.15, 0.2) is 0 Å². The highest BCUT2D eigenvalue weighted by Gasteiger charge is 2.12.